The van der Waals surface area contributed by atoms with Crippen LogP contribution in [0.1, 0.15) is 50.2 Å². The van der Waals surface area contributed by atoms with Crippen LogP contribution in [0.5, 0.6) is 5.75 Å². The van der Waals surface area contributed by atoms with Gasteiger partial charge in [0.15, 0.2) is 6.61 Å². The van der Waals surface area contributed by atoms with Gasteiger partial charge in [-0.25, -0.2) is 4.39 Å². The van der Waals surface area contributed by atoms with Crippen molar-refractivity contribution in [3.05, 3.63) is 41.8 Å². The van der Waals surface area contributed by atoms with Gasteiger partial charge < -0.3 is 15.0 Å². The zero-order chi connectivity index (χ0) is 15.6. The van der Waals surface area contributed by atoms with Crippen molar-refractivity contribution < 1.29 is 13.7 Å². The fourth-order valence-electron chi connectivity index (χ4n) is 2.91. The summed E-state index contributed by atoms with van der Waals surface area (Å²) in [4.78, 5) is 4.41. The summed E-state index contributed by atoms with van der Waals surface area (Å²) in [6.07, 6.45) is 4.19. The van der Waals surface area contributed by atoms with E-state index >= 15 is 0 Å². The Morgan fingerprint density at radius 2 is 2.14 bits per heavy atom. The standard InChI is InChI=1S/C16H20FN3O2/c1-16(18)9-3-2-4-13(16)15-19-14(20-22-15)10-21-12-7-5-11(17)6-8-12/h5-8,13H,2-4,9-10,18H2,1H3. The molecule has 22 heavy (non-hydrogen) atoms. The van der Waals surface area contributed by atoms with Crippen molar-refractivity contribution in [2.24, 2.45) is 5.73 Å². The Kier molecular flexibility index (Phi) is 4.11. The lowest BCUT2D eigenvalue weighted by Gasteiger charge is -2.35. The summed E-state index contributed by atoms with van der Waals surface area (Å²) in [7, 11) is 0. The van der Waals surface area contributed by atoms with E-state index in [2.05, 4.69) is 10.1 Å². The molecule has 5 nitrogen and oxygen atoms in total. The van der Waals surface area contributed by atoms with Gasteiger partial charge in [-0.15, -0.1) is 0 Å². The summed E-state index contributed by atoms with van der Waals surface area (Å²) in [5.74, 6) is 1.42. The summed E-state index contributed by atoms with van der Waals surface area (Å²) in [5, 5.41) is 3.95. The zero-order valence-corrected chi connectivity index (χ0v) is 12.6. The molecule has 6 heteroatoms. The minimum atomic E-state index is -0.306. The molecule has 0 radical (unpaired) electrons. The third kappa shape index (κ3) is 3.27. The van der Waals surface area contributed by atoms with Gasteiger partial charge in [-0.1, -0.05) is 18.0 Å². The number of aromatic nitrogens is 2. The van der Waals surface area contributed by atoms with Crippen LogP contribution < -0.4 is 10.5 Å². The second kappa shape index (κ2) is 6.04. The van der Waals surface area contributed by atoms with Gasteiger partial charge in [0.25, 0.3) is 0 Å². The number of halogens is 1. The molecule has 0 saturated heterocycles. The second-order valence-corrected chi connectivity index (χ2v) is 6.10. The van der Waals surface area contributed by atoms with Gasteiger partial charge in [-0.2, -0.15) is 4.98 Å². The molecule has 1 aromatic heterocycles. The quantitative estimate of drug-likeness (QED) is 0.939. The lowest BCUT2D eigenvalue weighted by Crippen LogP contribution is -2.44. The predicted octanol–water partition coefficient (Wildman–Crippen LogP) is 3.16. The third-order valence-corrected chi connectivity index (χ3v) is 4.22. The van der Waals surface area contributed by atoms with Gasteiger partial charge in [-0.3, -0.25) is 0 Å². The van der Waals surface area contributed by atoms with E-state index in [9.17, 15) is 4.39 Å². The van der Waals surface area contributed by atoms with Crippen LogP contribution in [-0.4, -0.2) is 15.7 Å². The maximum atomic E-state index is 12.8. The summed E-state index contributed by atoms with van der Waals surface area (Å²) in [5.41, 5.74) is 6.04. The summed E-state index contributed by atoms with van der Waals surface area (Å²) >= 11 is 0. The van der Waals surface area contributed by atoms with Gasteiger partial charge in [0, 0.05) is 5.54 Å². The van der Waals surface area contributed by atoms with Crippen LogP contribution in [0.3, 0.4) is 0 Å². The molecule has 3 rings (SSSR count). The minimum Gasteiger partial charge on any atom is -0.485 e. The van der Waals surface area contributed by atoms with Crippen molar-refractivity contribution >= 4 is 0 Å². The lowest BCUT2D eigenvalue weighted by molar-refractivity contribution is 0.222. The Balaban J connectivity index is 1.64. The van der Waals surface area contributed by atoms with E-state index in [1.165, 1.54) is 12.1 Å². The Bertz CT molecular complexity index is 625. The van der Waals surface area contributed by atoms with Crippen molar-refractivity contribution in [1.29, 1.82) is 0 Å². The molecule has 1 aliphatic rings. The Labute approximate surface area is 128 Å². The van der Waals surface area contributed by atoms with Crippen molar-refractivity contribution in [3.63, 3.8) is 0 Å². The molecule has 0 aliphatic heterocycles. The number of rotatable bonds is 4. The van der Waals surface area contributed by atoms with Gasteiger partial charge >= 0.3 is 0 Å². The number of hydrogen-bond donors (Lipinski definition) is 1. The van der Waals surface area contributed by atoms with Crippen molar-refractivity contribution in [2.75, 3.05) is 0 Å². The van der Waals surface area contributed by atoms with E-state index in [1.54, 1.807) is 12.1 Å². The molecule has 2 N–H and O–H groups in total. The van der Waals surface area contributed by atoms with Crippen LogP contribution in [0.2, 0.25) is 0 Å². The van der Waals surface area contributed by atoms with E-state index in [4.69, 9.17) is 15.0 Å². The Morgan fingerprint density at radius 1 is 1.36 bits per heavy atom. The van der Waals surface area contributed by atoms with Gasteiger partial charge in [-0.05, 0) is 44.0 Å². The molecule has 1 fully saturated rings. The third-order valence-electron chi connectivity index (χ3n) is 4.22. The smallest absolute Gasteiger partial charge is 0.231 e. The molecule has 1 aromatic carbocycles. The van der Waals surface area contributed by atoms with Crippen LogP contribution in [-0.2, 0) is 6.61 Å². The topological polar surface area (TPSA) is 74.2 Å². The Hall–Kier alpha value is -1.95. The number of nitrogens with zero attached hydrogens (tertiary/aromatic N) is 2. The van der Waals surface area contributed by atoms with Crippen molar-refractivity contribution in [1.82, 2.24) is 10.1 Å². The van der Waals surface area contributed by atoms with Crippen molar-refractivity contribution in [2.45, 2.75) is 50.7 Å². The monoisotopic (exact) mass is 305 g/mol. The fourth-order valence-corrected chi connectivity index (χ4v) is 2.91. The molecule has 1 aliphatic carbocycles. The molecule has 0 amide bonds. The maximum absolute atomic E-state index is 12.8. The highest BCUT2D eigenvalue weighted by molar-refractivity contribution is 5.22. The molecule has 2 atom stereocenters. The molecular weight excluding hydrogens is 285 g/mol. The normalized spacial score (nSPS) is 25.1. The highest BCUT2D eigenvalue weighted by atomic mass is 19.1. The molecule has 2 unspecified atom stereocenters. The first-order valence-electron chi connectivity index (χ1n) is 7.54. The number of hydrogen-bond acceptors (Lipinski definition) is 5. The molecule has 1 heterocycles. The SMILES string of the molecule is CC1(N)CCCCC1c1nc(COc2ccc(F)cc2)no1. The van der Waals surface area contributed by atoms with Crippen LogP contribution in [0, 0.1) is 5.82 Å². The molecule has 1 saturated carbocycles. The van der Waals surface area contributed by atoms with Crippen LogP contribution in [0.4, 0.5) is 4.39 Å². The van der Waals surface area contributed by atoms with Crippen LogP contribution in [0.25, 0.3) is 0 Å². The lowest BCUT2D eigenvalue weighted by atomic mass is 9.74. The number of ether oxygens (including phenoxy) is 1. The highest BCUT2D eigenvalue weighted by Crippen LogP contribution is 2.38. The predicted molar refractivity (Wildman–Crippen MR) is 78.8 cm³/mol. The highest BCUT2D eigenvalue weighted by Gasteiger charge is 2.37. The number of nitrogens with two attached hydrogens (primary N) is 1. The molecule has 0 bridgehead atoms. The van der Waals surface area contributed by atoms with E-state index in [-0.39, 0.29) is 23.9 Å². The molecule has 0 spiro atoms. The minimum absolute atomic E-state index is 0.0910. The second-order valence-electron chi connectivity index (χ2n) is 6.10. The van der Waals surface area contributed by atoms with Crippen LogP contribution >= 0.6 is 0 Å². The summed E-state index contributed by atoms with van der Waals surface area (Å²) < 4.78 is 23.7. The first-order chi connectivity index (χ1) is 10.5. The Morgan fingerprint density at radius 3 is 2.86 bits per heavy atom. The van der Waals surface area contributed by atoms with E-state index < -0.39 is 0 Å². The van der Waals surface area contributed by atoms with Gasteiger partial charge in [0.1, 0.15) is 11.6 Å². The van der Waals surface area contributed by atoms with Gasteiger partial charge in [0.05, 0.1) is 5.92 Å². The van der Waals surface area contributed by atoms with Crippen molar-refractivity contribution in [3.8, 4) is 5.75 Å². The largest absolute Gasteiger partial charge is 0.485 e. The van der Waals surface area contributed by atoms with E-state index in [0.717, 1.165) is 25.7 Å². The maximum Gasteiger partial charge on any atom is 0.231 e. The van der Waals surface area contributed by atoms with E-state index in [0.29, 0.717) is 17.5 Å². The van der Waals surface area contributed by atoms with E-state index in [1.807, 2.05) is 6.92 Å². The summed E-state index contributed by atoms with van der Waals surface area (Å²) in [6.45, 7) is 2.22. The van der Waals surface area contributed by atoms with Crippen LogP contribution in [0.15, 0.2) is 28.8 Å². The average molecular weight is 305 g/mol. The first-order valence-corrected chi connectivity index (χ1v) is 7.54. The van der Waals surface area contributed by atoms with Gasteiger partial charge in [0.2, 0.25) is 11.7 Å². The number of benzene rings is 1. The average Bonchev–Trinajstić information content (AvgIpc) is 2.95. The first kappa shape index (κ1) is 15.0. The fraction of sp³-hybridized carbons (Fsp3) is 0.500. The molecule has 118 valence electrons. The summed E-state index contributed by atoms with van der Waals surface area (Å²) in [6, 6.07) is 5.82. The molecular formula is C16H20FN3O2. The molecule has 2 aromatic rings. The zero-order valence-electron chi connectivity index (χ0n) is 12.6.